The zero-order valence-electron chi connectivity index (χ0n) is 19.8. The summed E-state index contributed by atoms with van der Waals surface area (Å²) in [4.78, 5) is 28.7. The molecule has 0 spiro atoms. The van der Waals surface area contributed by atoms with Crippen LogP contribution in [0.25, 0.3) is 0 Å². The highest BCUT2D eigenvalue weighted by Gasteiger charge is 2.41. The van der Waals surface area contributed by atoms with Crippen LogP contribution in [0.4, 0.5) is 0 Å². The molecule has 0 bridgehead atoms. The van der Waals surface area contributed by atoms with Gasteiger partial charge in [-0.15, -0.1) is 0 Å². The van der Waals surface area contributed by atoms with Crippen LogP contribution in [0.15, 0.2) is 0 Å². The highest BCUT2D eigenvalue weighted by molar-refractivity contribution is 6.78. The van der Waals surface area contributed by atoms with E-state index in [0.29, 0.717) is 5.92 Å². The molecule has 5 nitrogen and oxygen atoms in total. The Morgan fingerprint density at radius 1 is 0.926 bits per heavy atom. The molecule has 0 fully saturated rings. The Balaban J connectivity index is 5.00. The van der Waals surface area contributed by atoms with Gasteiger partial charge in [0, 0.05) is 0 Å². The minimum absolute atomic E-state index is 0.0449. The first kappa shape index (κ1) is 26.3. The molecule has 0 radical (unpaired) electrons. The highest BCUT2D eigenvalue weighted by atomic mass is 28.4. The van der Waals surface area contributed by atoms with Crippen LogP contribution in [0.1, 0.15) is 61.8 Å². The number of amides is 1. The number of rotatable bonds is 8. The zero-order chi connectivity index (χ0) is 21.8. The predicted octanol–water partition coefficient (Wildman–Crippen LogP) is 4.66. The predicted molar refractivity (Wildman–Crippen MR) is 120 cm³/mol. The van der Waals surface area contributed by atoms with Gasteiger partial charge in [-0.1, -0.05) is 68.5 Å². The Labute approximate surface area is 169 Å². The fourth-order valence-corrected chi connectivity index (χ4v) is 4.61. The second kappa shape index (κ2) is 9.22. The van der Waals surface area contributed by atoms with Crippen molar-refractivity contribution in [1.82, 2.24) is 10.3 Å². The summed E-state index contributed by atoms with van der Waals surface area (Å²) < 4.78 is 5.74. The topological polar surface area (TPSA) is 67.4 Å². The van der Waals surface area contributed by atoms with Gasteiger partial charge in [0.1, 0.15) is 14.8 Å². The van der Waals surface area contributed by atoms with E-state index < -0.39 is 16.6 Å². The van der Waals surface area contributed by atoms with Gasteiger partial charge in [-0.3, -0.25) is 9.59 Å². The second-order valence-corrected chi connectivity index (χ2v) is 20.9. The molecule has 0 saturated heterocycles. The third kappa shape index (κ3) is 8.48. The summed E-state index contributed by atoms with van der Waals surface area (Å²) in [7, 11) is -4.00. The van der Waals surface area contributed by atoms with Gasteiger partial charge in [-0.05, 0) is 35.5 Å². The van der Waals surface area contributed by atoms with Crippen molar-refractivity contribution >= 4 is 28.4 Å². The summed E-state index contributed by atoms with van der Waals surface area (Å²) in [6.45, 7) is 25.6. The van der Waals surface area contributed by atoms with Crippen molar-refractivity contribution in [3.63, 3.8) is 0 Å². The highest BCUT2D eigenvalue weighted by Crippen LogP contribution is 2.36. The minimum Gasteiger partial charge on any atom is -0.518 e. The molecule has 1 atom stereocenters. The standard InChI is InChI=1S/C20H44N2O3Si2/c1-15(2)13-16(22-26(9,10)19(3,4)5)18(24)21-14-17(23)25-27(11,12)20(6,7)8/h15-16,22H,13-14H2,1-12H3,(H,21,24). The van der Waals surface area contributed by atoms with E-state index in [1.165, 1.54) is 0 Å². The Bertz CT molecular complexity index is 518. The van der Waals surface area contributed by atoms with E-state index in [1.54, 1.807) is 0 Å². The van der Waals surface area contributed by atoms with Gasteiger partial charge >= 0.3 is 5.97 Å². The van der Waals surface area contributed by atoms with E-state index in [4.69, 9.17) is 4.43 Å². The number of hydrogen-bond donors (Lipinski definition) is 2. The maximum absolute atomic E-state index is 12.8. The first-order valence-corrected chi connectivity index (χ1v) is 16.0. The van der Waals surface area contributed by atoms with Crippen LogP contribution >= 0.6 is 0 Å². The van der Waals surface area contributed by atoms with Gasteiger partial charge in [-0.25, -0.2) is 0 Å². The quantitative estimate of drug-likeness (QED) is 0.565. The Morgan fingerprint density at radius 3 is 1.78 bits per heavy atom. The fourth-order valence-electron chi connectivity index (χ4n) is 2.11. The van der Waals surface area contributed by atoms with Gasteiger partial charge in [0.15, 0.2) is 0 Å². The molecule has 0 aliphatic carbocycles. The van der Waals surface area contributed by atoms with Crippen LogP contribution in [-0.2, 0) is 14.0 Å². The van der Waals surface area contributed by atoms with Gasteiger partial charge in [0.25, 0.3) is 8.32 Å². The number of carbonyl (C=O) groups is 2. The number of nitrogens with one attached hydrogen (secondary N) is 2. The smallest absolute Gasteiger partial charge is 0.312 e. The van der Waals surface area contributed by atoms with Crippen LogP contribution in [0.5, 0.6) is 0 Å². The fraction of sp³-hybridized carbons (Fsp3) is 0.900. The molecular formula is C20H44N2O3Si2. The molecule has 2 N–H and O–H groups in total. The lowest BCUT2D eigenvalue weighted by Crippen LogP contribution is -2.60. The summed E-state index contributed by atoms with van der Waals surface area (Å²) in [5.74, 6) is -0.0662. The SMILES string of the molecule is CC(C)CC(N[Si](C)(C)C(C)(C)C)C(=O)NCC(=O)O[Si](C)(C)C(C)(C)C. The summed E-state index contributed by atoms with van der Waals surface area (Å²) >= 11 is 0. The van der Waals surface area contributed by atoms with Crippen LogP contribution in [-0.4, -0.2) is 41.0 Å². The Hall–Kier alpha value is -0.666. The molecule has 160 valence electrons. The van der Waals surface area contributed by atoms with E-state index in [1.807, 2.05) is 13.1 Å². The molecule has 0 heterocycles. The second-order valence-electron chi connectivity index (χ2n) is 11.2. The van der Waals surface area contributed by atoms with E-state index in [-0.39, 0.29) is 34.5 Å². The van der Waals surface area contributed by atoms with Crippen molar-refractivity contribution < 1.29 is 14.0 Å². The van der Waals surface area contributed by atoms with Crippen molar-refractivity contribution in [3.05, 3.63) is 0 Å². The molecular weight excluding hydrogens is 372 g/mol. The lowest BCUT2D eigenvalue weighted by atomic mass is 10.0. The number of carbonyl (C=O) groups excluding carboxylic acids is 2. The molecule has 0 rings (SSSR count). The lowest BCUT2D eigenvalue weighted by Gasteiger charge is -2.40. The Kier molecular flexibility index (Phi) is 8.99. The maximum Gasteiger partial charge on any atom is 0.312 e. The number of hydrogen-bond acceptors (Lipinski definition) is 4. The van der Waals surface area contributed by atoms with Crippen molar-refractivity contribution in [2.45, 2.75) is 104 Å². The molecule has 0 aliphatic rings. The van der Waals surface area contributed by atoms with E-state index >= 15 is 0 Å². The third-order valence-corrected chi connectivity index (χ3v) is 15.2. The molecule has 0 aromatic carbocycles. The van der Waals surface area contributed by atoms with Crippen molar-refractivity contribution in [2.75, 3.05) is 6.54 Å². The summed E-state index contributed by atoms with van der Waals surface area (Å²) in [5, 5.41) is 2.89. The monoisotopic (exact) mass is 416 g/mol. The van der Waals surface area contributed by atoms with Gasteiger partial charge in [0.05, 0.1) is 6.04 Å². The average molecular weight is 417 g/mol. The first-order chi connectivity index (χ1) is 11.8. The van der Waals surface area contributed by atoms with Crippen molar-refractivity contribution in [1.29, 1.82) is 0 Å². The molecule has 27 heavy (non-hydrogen) atoms. The van der Waals surface area contributed by atoms with Crippen molar-refractivity contribution in [2.24, 2.45) is 5.92 Å². The molecule has 0 saturated carbocycles. The normalized spacial score (nSPS) is 14.9. The molecule has 0 aromatic heterocycles. The van der Waals surface area contributed by atoms with Gasteiger partial charge in [0.2, 0.25) is 5.91 Å². The van der Waals surface area contributed by atoms with E-state index in [0.717, 1.165) is 6.42 Å². The maximum atomic E-state index is 12.8. The van der Waals surface area contributed by atoms with Gasteiger partial charge in [-0.2, -0.15) is 0 Å². The van der Waals surface area contributed by atoms with Crippen LogP contribution in [0.2, 0.25) is 36.3 Å². The lowest BCUT2D eigenvalue weighted by molar-refractivity contribution is -0.136. The van der Waals surface area contributed by atoms with Crippen molar-refractivity contribution in [3.8, 4) is 0 Å². The first-order valence-electron chi connectivity index (χ1n) is 10.1. The van der Waals surface area contributed by atoms with Gasteiger partial charge < -0.3 is 14.7 Å². The minimum atomic E-state index is -2.17. The van der Waals surface area contributed by atoms with Crippen LogP contribution < -0.4 is 10.3 Å². The average Bonchev–Trinajstić information content (AvgIpc) is 2.40. The van der Waals surface area contributed by atoms with Crippen LogP contribution in [0, 0.1) is 5.92 Å². The zero-order valence-corrected chi connectivity index (χ0v) is 21.8. The summed E-state index contributed by atoms with van der Waals surface area (Å²) in [6.07, 6.45) is 0.746. The van der Waals surface area contributed by atoms with Crippen LogP contribution in [0.3, 0.4) is 0 Å². The molecule has 1 unspecified atom stereocenters. The Morgan fingerprint density at radius 2 is 1.41 bits per heavy atom. The third-order valence-electron chi connectivity index (χ3n) is 6.02. The molecule has 1 amide bonds. The summed E-state index contributed by atoms with van der Waals surface area (Å²) in [5.41, 5.74) is 0. The van der Waals surface area contributed by atoms with E-state index in [9.17, 15) is 9.59 Å². The largest absolute Gasteiger partial charge is 0.518 e. The van der Waals surface area contributed by atoms with E-state index in [2.05, 4.69) is 78.8 Å². The molecule has 0 aliphatic heterocycles. The summed E-state index contributed by atoms with van der Waals surface area (Å²) in [6, 6.07) is -0.286. The molecule has 0 aromatic rings. The molecule has 7 heteroatoms.